The first-order valence-electron chi connectivity index (χ1n) is 16.3. The monoisotopic (exact) mass is 601 g/mol. The highest BCUT2D eigenvalue weighted by atomic mass is 19.1. The van der Waals surface area contributed by atoms with E-state index in [1.807, 2.05) is 13.8 Å². The lowest BCUT2D eigenvalue weighted by Crippen LogP contribution is -2.43. The van der Waals surface area contributed by atoms with E-state index >= 15 is 8.78 Å². The van der Waals surface area contributed by atoms with Crippen LogP contribution in [0.3, 0.4) is 0 Å². The van der Waals surface area contributed by atoms with E-state index in [1.165, 1.54) is 12.1 Å². The van der Waals surface area contributed by atoms with Gasteiger partial charge in [-0.1, -0.05) is 26.8 Å². The molecule has 44 heavy (non-hydrogen) atoms. The zero-order chi connectivity index (χ0) is 30.6. The van der Waals surface area contributed by atoms with Crippen LogP contribution < -0.4 is 9.64 Å². The molecule has 9 heteroatoms. The summed E-state index contributed by atoms with van der Waals surface area (Å²) in [5, 5.41) is 12.4. The van der Waals surface area contributed by atoms with E-state index in [9.17, 15) is 5.11 Å². The summed E-state index contributed by atoms with van der Waals surface area (Å²) < 4.78 is 38.5. The predicted octanol–water partition coefficient (Wildman–Crippen LogP) is 7.20. The lowest BCUT2D eigenvalue weighted by molar-refractivity contribution is 0.108. The van der Waals surface area contributed by atoms with Crippen LogP contribution in [0, 0.1) is 17.6 Å². The number of nitrogens with zero attached hydrogens (tertiary/aromatic N) is 5. The molecule has 0 bridgehead atoms. The first-order chi connectivity index (χ1) is 21.3. The van der Waals surface area contributed by atoms with Crippen LogP contribution in [0.1, 0.15) is 70.6 Å². The second-order valence-electron chi connectivity index (χ2n) is 13.0. The van der Waals surface area contributed by atoms with Gasteiger partial charge in [-0.25, -0.2) is 13.8 Å². The third-order valence-electron chi connectivity index (χ3n) is 10.2. The topological polar surface area (TPSA) is 74.6 Å². The van der Waals surface area contributed by atoms with Gasteiger partial charge in [-0.15, -0.1) is 0 Å². The largest absolute Gasteiger partial charge is 0.508 e. The third kappa shape index (κ3) is 4.84. The molecule has 3 saturated heterocycles. The standard InChI is InChI=1S/C35H41F2N5O2/c1-4-24-26(36)11-10-22-17-23(43)18-25(28(22)24)31-30(37)32-29(27(5-2)38-31)33(41-14-6-9-21(3)19-41)40-34(39-32)44-20-35-12-7-15-42(35)16-8-13-35/h10-11,17-18,21,43H,4-9,12-16,19-20H2,1-3H3. The van der Waals surface area contributed by atoms with Crippen LogP contribution in [0.4, 0.5) is 14.6 Å². The quantitative estimate of drug-likeness (QED) is 0.240. The number of hydrogen-bond acceptors (Lipinski definition) is 7. The number of aryl methyl sites for hydroxylation is 2. The third-order valence-corrected chi connectivity index (χ3v) is 10.2. The lowest BCUT2D eigenvalue weighted by atomic mass is 9.94. The molecule has 1 unspecified atom stereocenters. The smallest absolute Gasteiger partial charge is 0.319 e. The molecule has 232 valence electrons. The first-order valence-corrected chi connectivity index (χ1v) is 16.3. The van der Waals surface area contributed by atoms with E-state index in [1.54, 1.807) is 12.1 Å². The normalized spacial score (nSPS) is 20.1. The van der Waals surface area contributed by atoms with Crippen molar-refractivity contribution in [2.24, 2.45) is 5.92 Å². The number of aromatic nitrogens is 3. The molecule has 1 N–H and O–H groups in total. The molecule has 3 aliphatic heterocycles. The number of ether oxygens (including phenoxy) is 1. The van der Waals surface area contributed by atoms with Crippen molar-refractivity contribution in [2.75, 3.05) is 37.7 Å². The number of pyridine rings is 1. The minimum Gasteiger partial charge on any atom is -0.508 e. The Hall–Kier alpha value is -3.59. The average Bonchev–Trinajstić information content (AvgIpc) is 3.61. The predicted molar refractivity (Wildman–Crippen MR) is 169 cm³/mol. The van der Waals surface area contributed by atoms with Gasteiger partial charge < -0.3 is 14.7 Å². The summed E-state index contributed by atoms with van der Waals surface area (Å²) in [6.45, 7) is 10.4. The van der Waals surface area contributed by atoms with Crippen molar-refractivity contribution in [1.82, 2.24) is 19.9 Å². The number of piperidine rings is 1. The van der Waals surface area contributed by atoms with Crippen LogP contribution in [0.2, 0.25) is 0 Å². The van der Waals surface area contributed by atoms with Gasteiger partial charge in [0.15, 0.2) is 5.82 Å². The molecule has 2 aromatic carbocycles. The Morgan fingerprint density at radius 1 is 0.977 bits per heavy atom. The first kappa shape index (κ1) is 29.1. The van der Waals surface area contributed by atoms with Gasteiger partial charge in [0.1, 0.15) is 35.2 Å². The Bertz CT molecular complexity index is 1730. The van der Waals surface area contributed by atoms with Gasteiger partial charge in [0.2, 0.25) is 0 Å². The molecular formula is C35H41F2N5O2. The summed E-state index contributed by atoms with van der Waals surface area (Å²) in [6.07, 6.45) is 7.57. The lowest BCUT2D eigenvalue weighted by Gasteiger charge is -2.33. The molecule has 1 atom stereocenters. The molecule has 0 spiro atoms. The fourth-order valence-electron chi connectivity index (χ4n) is 8.01. The maximum Gasteiger partial charge on any atom is 0.319 e. The summed E-state index contributed by atoms with van der Waals surface area (Å²) in [4.78, 5) is 19.3. The molecular weight excluding hydrogens is 560 g/mol. The van der Waals surface area contributed by atoms with Crippen molar-refractivity contribution in [2.45, 2.75) is 77.7 Å². The molecule has 3 fully saturated rings. The zero-order valence-electron chi connectivity index (χ0n) is 25.9. The minimum absolute atomic E-state index is 0.00421. The van der Waals surface area contributed by atoms with Crippen LogP contribution >= 0.6 is 0 Å². The van der Waals surface area contributed by atoms with Gasteiger partial charge in [0.05, 0.1) is 16.6 Å². The number of aromatic hydroxyl groups is 1. The Kier molecular flexibility index (Phi) is 7.55. The molecule has 3 aliphatic rings. The number of hydrogen-bond donors (Lipinski definition) is 1. The van der Waals surface area contributed by atoms with Crippen LogP contribution in [0.15, 0.2) is 24.3 Å². The Morgan fingerprint density at radius 3 is 2.50 bits per heavy atom. The summed E-state index contributed by atoms with van der Waals surface area (Å²) in [5.41, 5.74) is 1.68. The number of fused-ring (bicyclic) bond motifs is 3. The fourth-order valence-corrected chi connectivity index (χ4v) is 8.01. The molecule has 2 aromatic heterocycles. The van der Waals surface area contributed by atoms with E-state index in [0.29, 0.717) is 64.2 Å². The highest BCUT2D eigenvalue weighted by Crippen LogP contribution is 2.42. The van der Waals surface area contributed by atoms with Crippen molar-refractivity contribution in [3.63, 3.8) is 0 Å². The van der Waals surface area contributed by atoms with Crippen LogP contribution in [-0.2, 0) is 12.8 Å². The van der Waals surface area contributed by atoms with Gasteiger partial charge in [-0.05, 0) is 105 Å². The van der Waals surface area contributed by atoms with E-state index in [0.717, 1.165) is 64.7 Å². The van der Waals surface area contributed by atoms with Gasteiger partial charge in [0.25, 0.3) is 0 Å². The highest BCUT2D eigenvalue weighted by molar-refractivity contribution is 6.02. The second kappa shape index (κ2) is 11.4. The van der Waals surface area contributed by atoms with Crippen molar-refractivity contribution < 1.29 is 18.6 Å². The molecule has 0 radical (unpaired) electrons. The summed E-state index contributed by atoms with van der Waals surface area (Å²) in [7, 11) is 0. The van der Waals surface area contributed by atoms with Gasteiger partial charge in [-0.3, -0.25) is 4.90 Å². The van der Waals surface area contributed by atoms with Crippen molar-refractivity contribution in [3.8, 4) is 23.0 Å². The molecule has 0 aliphatic carbocycles. The number of halogens is 2. The average molecular weight is 602 g/mol. The second-order valence-corrected chi connectivity index (χ2v) is 13.0. The maximum absolute atomic E-state index is 17.0. The number of rotatable bonds is 7. The number of benzene rings is 2. The SMILES string of the molecule is CCc1c(F)ccc2cc(O)cc(-c3nc(CC)c4c(N5CCCC(C)C5)nc(OCC56CCCN5CCC6)nc4c3F)c12. The Labute approximate surface area is 257 Å². The van der Waals surface area contributed by atoms with E-state index in [2.05, 4.69) is 16.7 Å². The molecule has 7 rings (SSSR count). The Morgan fingerprint density at radius 2 is 1.77 bits per heavy atom. The van der Waals surface area contributed by atoms with E-state index in [-0.39, 0.29) is 34.3 Å². The van der Waals surface area contributed by atoms with Crippen molar-refractivity contribution in [3.05, 3.63) is 47.2 Å². The minimum atomic E-state index is -0.615. The number of phenols is 1. The zero-order valence-corrected chi connectivity index (χ0v) is 25.9. The van der Waals surface area contributed by atoms with E-state index < -0.39 is 5.82 Å². The summed E-state index contributed by atoms with van der Waals surface area (Å²) in [6, 6.07) is 6.25. The van der Waals surface area contributed by atoms with Crippen molar-refractivity contribution >= 4 is 27.5 Å². The molecule has 5 heterocycles. The van der Waals surface area contributed by atoms with Crippen LogP contribution in [-0.4, -0.2) is 63.3 Å². The van der Waals surface area contributed by atoms with Crippen LogP contribution in [0.25, 0.3) is 32.9 Å². The fraction of sp³-hybridized carbons (Fsp3) is 0.514. The van der Waals surface area contributed by atoms with Gasteiger partial charge >= 0.3 is 6.01 Å². The summed E-state index contributed by atoms with van der Waals surface area (Å²) >= 11 is 0. The molecule has 7 nitrogen and oxygen atoms in total. The number of phenolic OH excluding ortho intramolecular Hbond substituents is 1. The molecule has 0 saturated carbocycles. The maximum atomic E-state index is 17.0. The number of anilines is 1. The molecule has 4 aromatic rings. The molecule has 0 amide bonds. The van der Waals surface area contributed by atoms with Gasteiger partial charge in [0, 0.05) is 18.7 Å². The van der Waals surface area contributed by atoms with Gasteiger partial charge in [-0.2, -0.15) is 9.97 Å². The Balaban J connectivity index is 1.44. The van der Waals surface area contributed by atoms with Crippen molar-refractivity contribution in [1.29, 1.82) is 0 Å². The highest BCUT2D eigenvalue weighted by Gasteiger charge is 2.45. The van der Waals surface area contributed by atoms with Crippen LogP contribution in [0.5, 0.6) is 11.8 Å². The summed E-state index contributed by atoms with van der Waals surface area (Å²) in [5.74, 6) is 0.128. The van der Waals surface area contributed by atoms with E-state index in [4.69, 9.17) is 19.7 Å².